The fourth-order valence-corrected chi connectivity index (χ4v) is 6.70. The first kappa shape index (κ1) is 34.4. The van der Waals surface area contributed by atoms with E-state index in [1.165, 1.54) is 81.7 Å². The predicted molar refractivity (Wildman–Crippen MR) is 185 cm³/mol. The molecule has 5 heteroatoms. The van der Waals surface area contributed by atoms with Gasteiger partial charge in [-0.3, -0.25) is 6.08 Å². The summed E-state index contributed by atoms with van der Waals surface area (Å²) in [5.74, 6) is 0. The van der Waals surface area contributed by atoms with Crippen molar-refractivity contribution < 1.29 is 49.0 Å². The summed E-state index contributed by atoms with van der Waals surface area (Å²) in [6, 6.07) is 45.4. The topological polar surface area (TPSA) is 0 Å². The summed E-state index contributed by atoms with van der Waals surface area (Å²) >= 11 is 8.34. The van der Waals surface area contributed by atoms with E-state index in [0.717, 1.165) is 15.4 Å². The van der Waals surface area contributed by atoms with E-state index in [4.69, 9.17) is 0 Å². The summed E-state index contributed by atoms with van der Waals surface area (Å²) in [7, 11) is 0. The van der Waals surface area contributed by atoms with Crippen LogP contribution in [0.25, 0.3) is 43.1 Å². The number of fused-ring (bicyclic) bond motifs is 8. The zero-order chi connectivity index (χ0) is 28.9. The van der Waals surface area contributed by atoms with Crippen LogP contribution in [0.1, 0.15) is 17.5 Å². The van der Waals surface area contributed by atoms with Gasteiger partial charge in [-0.05, 0) is 10.8 Å². The molecular weight excluding hydrogens is 790 g/mol. The zero-order valence-electron chi connectivity index (χ0n) is 23.6. The average Bonchev–Trinajstić information content (AvgIpc) is 3.75. The molecule has 1 aliphatic rings. The Labute approximate surface area is 302 Å². The van der Waals surface area contributed by atoms with Crippen molar-refractivity contribution in [1.82, 2.24) is 0 Å². The molecule has 0 spiro atoms. The van der Waals surface area contributed by atoms with Crippen LogP contribution in [-0.2, 0) is 24.2 Å². The molecule has 8 rings (SSSR count). The molecule has 7 aromatic carbocycles. The van der Waals surface area contributed by atoms with Crippen molar-refractivity contribution in [2.24, 2.45) is 0 Å². The summed E-state index contributed by atoms with van der Waals surface area (Å²) in [6.07, 6.45) is 10.0. The van der Waals surface area contributed by atoms with Gasteiger partial charge in [0.25, 0.3) is 0 Å². The summed E-state index contributed by atoms with van der Waals surface area (Å²) in [4.78, 5) is 0. The van der Waals surface area contributed by atoms with Crippen molar-refractivity contribution >= 4 is 78.2 Å². The molecule has 0 fully saturated rings. The van der Waals surface area contributed by atoms with Gasteiger partial charge in [-0.2, -0.15) is 6.08 Å². The average molecular weight is 817 g/mol. The van der Waals surface area contributed by atoms with E-state index in [9.17, 15) is 0 Å². The van der Waals surface area contributed by atoms with Crippen molar-refractivity contribution in [3.63, 3.8) is 0 Å². The summed E-state index contributed by atoms with van der Waals surface area (Å²) in [5.41, 5.74) is 2.59. The summed E-state index contributed by atoms with van der Waals surface area (Å²) in [5, 5.41) is 10.8. The van der Waals surface area contributed by atoms with Gasteiger partial charge in [-0.25, -0.2) is 12.2 Å². The van der Waals surface area contributed by atoms with Gasteiger partial charge in [-0.1, -0.05) is 77.5 Å². The van der Waals surface area contributed by atoms with Crippen molar-refractivity contribution in [2.75, 3.05) is 0 Å². The third kappa shape index (κ3) is 7.64. The Bertz CT molecular complexity index is 2030. The molecule has 0 radical (unpaired) electrons. The molecule has 0 N–H and O–H groups in total. The maximum atomic E-state index is 3.45. The first-order valence-electron chi connectivity index (χ1n) is 13.8. The molecule has 0 atom stereocenters. The Morgan fingerprint density at radius 1 is 0.591 bits per heavy atom. The number of halogens is 4. The third-order valence-electron chi connectivity index (χ3n) is 7.35. The molecule has 0 unspecified atom stereocenters. The van der Waals surface area contributed by atoms with E-state index < -0.39 is 0 Å². The Balaban J connectivity index is 0.000000171. The minimum atomic E-state index is 0. The Hall–Kier alpha value is -2.52. The molecular formula is C39H26Br2Cl2Zr-2. The standard InChI is InChI=1S/C21H13.C13H8Br2.C5H5.2ClH.Zr/c1-2-8-15-14(7-1)13-20-18-11-4-3-9-16(18)17-10-5-6-12-19(17)21(15)20;14-12-5-1-10(2-6-12)9-11-3-7-13(15)8-4-11;1-2-4-5-3-1;;;/h1-13H;1-8H;1-3H,4H2;2*1H;/q-1;;-1;;;+2/p-2. The molecule has 216 valence electrons. The third-order valence-corrected chi connectivity index (χ3v) is 9.83. The molecule has 0 nitrogen and oxygen atoms in total. The second-order valence-electron chi connectivity index (χ2n) is 10.0. The van der Waals surface area contributed by atoms with Gasteiger partial charge in [0.15, 0.2) is 0 Å². The van der Waals surface area contributed by atoms with Crippen LogP contribution in [0.2, 0.25) is 0 Å². The van der Waals surface area contributed by atoms with Crippen molar-refractivity contribution in [2.45, 2.75) is 6.42 Å². The van der Waals surface area contributed by atoms with Crippen LogP contribution in [0.15, 0.2) is 155 Å². The van der Waals surface area contributed by atoms with Crippen LogP contribution in [0.5, 0.6) is 0 Å². The summed E-state index contributed by atoms with van der Waals surface area (Å²) < 4.78 is 3.62. The molecule has 0 amide bonds. The maximum absolute atomic E-state index is 3.45. The normalized spacial score (nSPS) is 11.4. The van der Waals surface area contributed by atoms with Gasteiger partial charge in [0.05, 0.1) is 0 Å². The van der Waals surface area contributed by atoms with Crippen LogP contribution in [0.3, 0.4) is 0 Å². The largest absolute Gasteiger partial charge is 1.00 e. The van der Waals surface area contributed by atoms with Crippen molar-refractivity contribution in [3.05, 3.63) is 172 Å². The van der Waals surface area contributed by atoms with Gasteiger partial charge < -0.3 is 24.8 Å². The number of hydrogen-bond donors (Lipinski definition) is 0. The number of hydrogen-bond acceptors (Lipinski definition) is 0. The quantitative estimate of drug-likeness (QED) is 0.156. The van der Waals surface area contributed by atoms with Crippen LogP contribution >= 0.6 is 31.9 Å². The molecule has 7 aromatic rings. The van der Waals surface area contributed by atoms with Crippen molar-refractivity contribution in [1.29, 1.82) is 0 Å². The van der Waals surface area contributed by atoms with Gasteiger partial charge in [0.2, 0.25) is 0 Å². The van der Waals surface area contributed by atoms with E-state index in [-0.39, 0.29) is 24.8 Å². The minimum Gasteiger partial charge on any atom is -1.00 e. The van der Waals surface area contributed by atoms with Crippen molar-refractivity contribution in [3.8, 4) is 0 Å². The molecule has 0 aliphatic heterocycles. The van der Waals surface area contributed by atoms with Gasteiger partial charge in [0, 0.05) is 0 Å². The van der Waals surface area contributed by atoms with E-state index in [2.05, 4.69) is 171 Å². The molecule has 0 saturated heterocycles. The van der Waals surface area contributed by atoms with E-state index in [0.29, 0.717) is 0 Å². The number of allylic oxidation sites excluding steroid dienone is 4. The number of rotatable bonds is 2. The van der Waals surface area contributed by atoms with Gasteiger partial charge in [-0.15, -0.1) is 40.1 Å². The molecule has 0 saturated carbocycles. The van der Waals surface area contributed by atoms with Gasteiger partial charge in [0.1, 0.15) is 0 Å². The zero-order valence-corrected chi connectivity index (χ0v) is 30.7. The second kappa shape index (κ2) is 16.2. The summed E-state index contributed by atoms with van der Waals surface area (Å²) in [6.45, 7) is 0. The first-order valence-corrected chi connectivity index (χ1v) is 16.6. The van der Waals surface area contributed by atoms with E-state index in [1.807, 2.05) is 12.2 Å². The molecule has 1 aliphatic carbocycles. The maximum Gasteiger partial charge on any atom is -0.0255 e. The SMILES string of the molecule is Brc1ccc([C](=[Zr+2])c2ccc(Br)cc2)cc1.[C-]1=CC=CC1.[Cl-].[Cl-].c1ccc2c(c1)[cH-]c1c3ccccc3c3ccccc3c21. The molecule has 0 heterocycles. The van der Waals surface area contributed by atoms with Crippen LogP contribution in [-0.4, -0.2) is 3.21 Å². The van der Waals surface area contributed by atoms with E-state index in [1.54, 1.807) is 0 Å². The monoisotopic (exact) mass is 812 g/mol. The Morgan fingerprint density at radius 2 is 1.07 bits per heavy atom. The molecule has 44 heavy (non-hydrogen) atoms. The van der Waals surface area contributed by atoms with E-state index >= 15 is 0 Å². The fourth-order valence-electron chi connectivity index (χ4n) is 5.35. The Kier molecular flexibility index (Phi) is 12.6. The number of benzene rings is 6. The minimum absolute atomic E-state index is 0. The molecule has 0 bridgehead atoms. The van der Waals surface area contributed by atoms with Crippen LogP contribution in [0.4, 0.5) is 0 Å². The molecule has 0 aromatic heterocycles. The second-order valence-corrected chi connectivity index (χ2v) is 13.1. The fraction of sp³-hybridized carbons (Fsp3) is 0.0256. The Morgan fingerprint density at radius 3 is 1.57 bits per heavy atom. The predicted octanol–water partition coefficient (Wildman–Crippen LogP) is 5.66. The van der Waals surface area contributed by atoms with Crippen LogP contribution in [0, 0.1) is 6.08 Å². The van der Waals surface area contributed by atoms with Crippen LogP contribution < -0.4 is 24.8 Å². The smallest absolute Gasteiger partial charge is 0.0255 e. The first-order chi connectivity index (χ1) is 20.6. The van der Waals surface area contributed by atoms with Gasteiger partial charge >= 0.3 is 128 Å².